The second-order valence-corrected chi connectivity index (χ2v) is 9.89. The van der Waals surface area contributed by atoms with E-state index < -0.39 is 0 Å². The van der Waals surface area contributed by atoms with Gasteiger partial charge in [0.05, 0.1) is 25.8 Å². The predicted octanol–water partition coefficient (Wildman–Crippen LogP) is 5.44. The van der Waals surface area contributed by atoms with Crippen LogP contribution in [0.25, 0.3) is 0 Å². The van der Waals surface area contributed by atoms with E-state index in [1.165, 1.54) is 30.5 Å². The minimum Gasteiger partial charge on any atom is -0.495 e. The summed E-state index contributed by atoms with van der Waals surface area (Å²) < 4.78 is 19.2. The first-order valence-corrected chi connectivity index (χ1v) is 13.2. The van der Waals surface area contributed by atoms with Gasteiger partial charge in [-0.1, -0.05) is 17.7 Å². The molecule has 0 aliphatic carbocycles. The van der Waals surface area contributed by atoms with Gasteiger partial charge in [-0.15, -0.1) is 0 Å². The van der Waals surface area contributed by atoms with Crippen molar-refractivity contribution in [3.63, 3.8) is 0 Å². The molecule has 1 unspecified atom stereocenters. The molecule has 1 aromatic heterocycles. The molecule has 0 saturated carbocycles. The summed E-state index contributed by atoms with van der Waals surface area (Å²) >= 11 is 6.25. The van der Waals surface area contributed by atoms with Crippen molar-refractivity contribution in [1.29, 1.82) is 0 Å². The Morgan fingerprint density at radius 2 is 1.89 bits per heavy atom. The second kappa shape index (κ2) is 11.4. The molecule has 192 valence electrons. The summed E-state index contributed by atoms with van der Waals surface area (Å²) in [5, 5.41) is 4.89. The van der Waals surface area contributed by atoms with Crippen LogP contribution in [0.4, 0.5) is 5.69 Å². The number of aryl methyl sites for hydroxylation is 1. The number of hydrogen-bond acceptors (Lipinski definition) is 6. The monoisotopic (exact) mass is 510 g/mol. The Morgan fingerprint density at radius 1 is 1.00 bits per heavy atom. The minimum absolute atomic E-state index is 0.397. The topological polar surface area (TPSA) is 52.0 Å². The zero-order valence-electron chi connectivity index (χ0n) is 21.1. The Morgan fingerprint density at radius 3 is 2.69 bits per heavy atom. The zero-order chi connectivity index (χ0) is 24.9. The molecule has 0 bridgehead atoms. The van der Waals surface area contributed by atoms with Gasteiger partial charge in [0.2, 0.25) is 0 Å². The summed E-state index contributed by atoms with van der Waals surface area (Å²) in [6.07, 6.45) is 8.26. The molecule has 2 fully saturated rings. The molecule has 2 saturated heterocycles. The highest BCUT2D eigenvalue weighted by Crippen LogP contribution is 2.40. The van der Waals surface area contributed by atoms with Crippen LogP contribution in [0.1, 0.15) is 37.3 Å². The Hall–Kier alpha value is -2.90. The van der Waals surface area contributed by atoms with Crippen LogP contribution < -0.4 is 19.1 Å². The minimum atomic E-state index is 0.397. The highest BCUT2D eigenvalue weighted by molar-refractivity contribution is 6.32. The Bertz CT molecular complexity index is 1140. The van der Waals surface area contributed by atoms with Gasteiger partial charge in [0.1, 0.15) is 5.75 Å². The number of rotatable bonds is 9. The number of benzene rings is 2. The lowest BCUT2D eigenvalue weighted by molar-refractivity contribution is 0.0715. The molecule has 36 heavy (non-hydrogen) atoms. The van der Waals surface area contributed by atoms with Gasteiger partial charge in [0, 0.05) is 68.8 Å². The third kappa shape index (κ3) is 5.42. The van der Waals surface area contributed by atoms with E-state index >= 15 is 0 Å². The number of halogens is 1. The van der Waals surface area contributed by atoms with Crippen molar-refractivity contribution in [2.45, 2.75) is 44.3 Å². The second-order valence-electron chi connectivity index (χ2n) is 9.48. The Balaban J connectivity index is 1.23. The van der Waals surface area contributed by atoms with E-state index in [-0.39, 0.29) is 0 Å². The van der Waals surface area contributed by atoms with Gasteiger partial charge in [-0.05, 0) is 55.2 Å². The van der Waals surface area contributed by atoms with Crippen LogP contribution in [0.3, 0.4) is 0 Å². The van der Waals surface area contributed by atoms with Crippen LogP contribution in [-0.2, 0) is 6.54 Å². The molecule has 7 nitrogen and oxygen atoms in total. The summed E-state index contributed by atoms with van der Waals surface area (Å²) in [5.41, 5.74) is 2.48. The number of anilines is 1. The molecule has 2 aliphatic rings. The quantitative estimate of drug-likeness (QED) is 0.357. The fourth-order valence-electron chi connectivity index (χ4n) is 5.54. The molecule has 2 atom stereocenters. The summed E-state index contributed by atoms with van der Waals surface area (Å²) in [7, 11) is 3.39. The first-order chi connectivity index (χ1) is 17.7. The zero-order valence-corrected chi connectivity index (χ0v) is 21.9. The first kappa shape index (κ1) is 24.8. The maximum absolute atomic E-state index is 6.25. The Labute approximate surface area is 218 Å². The van der Waals surface area contributed by atoms with Gasteiger partial charge in [-0.3, -0.25) is 9.58 Å². The lowest BCUT2D eigenvalue weighted by atomic mass is 9.89. The van der Waals surface area contributed by atoms with Crippen LogP contribution in [-0.4, -0.2) is 61.2 Å². The van der Waals surface area contributed by atoms with E-state index in [9.17, 15) is 0 Å². The Kier molecular flexibility index (Phi) is 7.87. The third-order valence-electron chi connectivity index (χ3n) is 7.36. The molecular weight excluding hydrogens is 476 g/mol. The van der Waals surface area contributed by atoms with Crippen molar-refractivity contribution < 1.29 is 14.2 Å². The smallest absolute Gasteiger partial charge is 0.161 e. The van der Waals surface area contributed by atoms with Crippen LogP contribution in [0.2, 0.25) is 5.02 Å². The van der Waals surface area contributed by atoms with Crippen LogP contribution in [0, 0.1) is 0 Å². The molecule has 2 aliphatic heterocycles. The summed E-state index contributed by atoms with van der Waals surface area (Å²) in [6, 6.07) is 15.4. The van der Waals surface area contributed by atoms with Crippen molar-refractivity contribution in [1.82, 2.24) is 14.7 Å². The lowest BCUT2D eigenvalue weighted by Gasteiger charge is -2.49. The molecule has 0 spiro atoms. The largest absolute Gasteiger partial charge is 0.495 e. The molecule has 0 radical (unpaired) electrons. The molecular formula is C28H35ClN4O3. The highest BCUT2D eigenvalue weighted by atomic mass is 35.5. The molecule has 8 heteroatoms. The summed E-state index contributed by atoms with van der Waals surface area (Å²) in [6.45, 7) is 4.47. The normalized spacial score (nSPS) is 20.1. The van der Waals surface area contributed by atoms with Gasteiger partial charge < -0.3 is 19.1 Å². The highest BCUT2D eigenvalue weighted by Gasteiger charge is 2.36. The van der Waals surface area contributed by atoms with Gasteiger partial charge in [0.15, 0.2) is 11.5 Å². The fraction of sp³-hybridized carbons (Fsp3) is 0.464. The average Bonchev–Trinajstić information content (AvgIpc) is 3.44. The van der Waals surface area contributed by atoms with Crippen molar-refractivity contribution >= 4 is 17.3 Å². The number of hydrogen-bond donors (Lipinski definition) is 0. The van der Waals surface area contributed by atoms with Crippen LogP contribution in [0.15, 0.2) is 54.9 Å². The van der Waals surface area contributed by atoms with E-state index in [1.54, 1.807) is 20.4 Å². The fourth-order valence-corrected chi connectivity index (χ4v) is 5.73. The van der Waals surface area contributed by atoms with Gasteiger partial charge in [-0.2, -0.15) is 5.10 Å². The molecule has 3 aromatic rings. The van der Waals surface area contributed by atoms with E-state index in [0.29, 0.717) is 23.7 Å². The maximum atomic E-state index is 6.25. The van der Waals surface area contributed by atoms with E-state index in [4.69, 9.17) is 25.8 Å². The molecule has 3 heterocycles. The SMILES string of the molecule is COc1cc(N2CCN3C(CCC[C@@H]3c3ccc(OCCCn4cccn4)c(OC)c3)C2)ccc1Cl. The van der Waals surface area contributed by atoms with Gasteiger partial charge in [0.25, 0.3) is 0 Å². The van der Waals surface area contributed by atoms with Gasteiger partial charge >= 0.3 is 0 Å². The maximum Gasteiger partial charge on any atom is 0.161 e. The first-order valence-electron chi connectivity index (χ1n) is 12.8. The lowest BCUT2D eigenvalue weighted by Crippen LogP contribution is -2.55. The van der Waals surface area contributed by atoms with E-state index in [0.717, 1.165) is 49.8 Å². The van der Waals surface area contributed by atoms with Crippen molar-refractivity contribution in [3.05, 3.63) is 65.4 Å². The number of piperidine rings is 1. The number of fused-ring (bicyclic) bond motifs is 1. The van der Waals surface area contributed by atoms with E-state index in [2.05, 4.69) is 45.2 Å². The summed E-state index contributed by atoms with van der Waals surface area (Å²) in [4.78, 5) is 5.15. The van der Waals surface area contributed by atoms with E-state index in [1.807, 2.05) is 23.0 Å². The number of aromatic nitrogens is 2. The van der Waals surface area contributed by atoms with Crippen molar-refractivity contribution in [3.8, 4) is 17.2 Å². The third-order valence-corrected chi connectivity index (χ3v) is 7.68. The molecule has 2 aromatic carbocycles. The number of piperazine rings is 1. The van der Waals surface area contributed by atoms with Crippen molar-refractivity contribution in [2.24, 2.45) is 0 Å². The molecule has 0 N–H and O–H groups in total. The molecule has 0 amide bonds. The average molecular weight is 511 g/mol. The molecule has 5 rings (SSSR count). The summed E-state index contributed by atoms with van der Waals surface area (Å²) in [5.74, 6) is 2.34. The number of methoxy groups -OCH3 is 2. The standard InChI is InChI=1S/C28H35ClN4O3/c1-34-27-19-22(9-10-24(27)29)31-15-16-33-23(20-31)6-3-7-25(33)21-8-11-26(28(18-21)35-2)36-17-5-14-32-13-4-12-30-32/h4,8-13,18-19,23,25H,3,5-7,14-17,20H2,1-2H3/t23?,25-/m1/s1. The van der Waals surface area contributed by atoms with Crippen molar-refractivity contribution in [2.75, 3.05) is 45.4 Å². The van der Waals surface area contributed by atoms with Crippen LogP contribution >= 0.6 is 11.6 Å². The number of ether oxygens (including phenoxy) is 3. The predicted molar refractivity (Wildman–Crippen MR) is 143 cm³/mol. The van der Waals surface area contributed by atoms with Crippen LogP contribution in [0.5, 0.6) is 17.2 Å². The number of nitrogens with zero attached hydrogens (tertiary/aromatic N) is 4. The van der Waals surface area contributed by atoms with Gasteiger partial charge in [-0.25, -0.2) is 0 Å².